The molecule has 1 aromatic carbocycles. The van der Waals surface area contributed by atoms with Crippen LogP contribution in [0.4, 0.5) is 26.3 Å². The van der Waals surface area contributed by atoms with Gasteiger partial charge in [0.25, 0.3) is 0 Å². The molecular weight excluding hydrogens is 558 g/mol. The number of aromatic nitrogens is 1. The maximum Gasteiger partial charge on any atom is 0.490 e. The van der Waals surface area contributed by atoms with Crippen LogP contribution in [0.1, 0.15) is 17.7 Å². The lowest BCUT2D eigenvalue weighted by atomic mass is 9.92. The average Bonchev–Trinajstić information content (AvgIpc) is 3.28. The second kappa shape index (κ2) is 13.8. The van der Waals surface area contributed by atoms with Gasteiger partial charge in [0, 0.05) is 36.3 Å². The first-order valence-corrected chi connectivity index (χ1v) is 12.2. The summed E-state index contributed by atoms with van der Waals surface area (Å²) < 4.78 is 75.2. The number of carboxylic acid groups (broad SMARTS) is 2. The molecule has 2 aromatic rings. The van der Waals surface area contributed by atoms with Crippen molar-refractivity contribution in [3.63, 3.8) is 0 Å². The SMILES string of the molecule is COc1ccc(CN2CC3(CC(OCc4ccccn4)CS3)C2)cc1.O=C(O)C(F)(F)F.O=C(O)C(F)(F)F. The predicted molar refractivity (Wildman–Crippen MR) is 128 cm³/mol. The summed E-state index contributed by atoms with van der Waals surface area (Å²) >= 11 is 2.09. The van der Waals surface area contributed by atoms with Gasteiger partial charge in [-0.05, 0) is 36.2 Å². The first-order valence-electron chi connectivity index (χ1n) is 11.2. The molecular formula is C24H26F6N2O6S. The maximum atomic E-state index is 10.6. The Morgan fingerprint density at radius 2 is 1.59 bits per heavy atom. The van der Waals surface area contributed by atoms with Gasteiger partial charge in [-0.25, -0.2) is 9.59 Å². The number of alkyl halides is 6. The third-order valence-corrected chi connectivity index (χ3v) is 7.02. The van der Waals surface area contributed by atoms with Crippen LogP contribution in [0.2, 0.25) is 0 Å². The highest BCUT2D eigenvalue weighted by Gasteiger charge is 2.49. The number of benzene rings is 1. The number of nitrogens with zero attached hydrogens (tertiary/aromatic N) is 2. The molecule has 0 saturated carbocycles. The molecule has 8 nitrogen and oxygen atoms in total. The van der Waals surface area contributed by atoms with Crippen molar-refractivity contribution in [2.75, 3.05) is 26.0 Å². The fourth-order valence-corrected chi connectivity index (χ4v) is 5.29. The Bertz CT molecular complexity index is 1040. The lowest BCUT2D eigenvalue weighted by Crippen LogP contribution is -2.58. The van der Waals surface area contributed by atoms with E-state index in [0.29, 0.717) is 17.5 Å². The van der Waals surface area contributed by atoms with E-state index in [1.807, 2.05) is 36.5 Å². The van der Waals surface area contributed by atoms with E-state index < -0.39 is 24.3 Å². The van der Waals surface area contributed by atoms with Crippen molar-refractivity contribution in [3.8, 4) is 5.75 Å². The highest BCUT2D eigenvalue weighted by atomic mass is 32.2. The number of rotatable bonds is 6. The van der Waals surface area contributed by atoms with Crippen molar-refractivity contribution in [1.82, 2.24) is 9.88 Å². The van der Waals surface area contributed by atoms with E-state index in [0.717, 1.165) is 43.3 Å². The Morgan fingerprint density at radius 3 is 2.05 bits per heavy atom. The molecule has 3 heterocycles. The van der Waals surface area contributed by atoms with Crippen LogP contribution in [0.3, 0.4) is 0 Å². The number of thioether (sulfide) groups is 1. The second-order valence-electron chi connectivity index (χ2n) is 8.55. The van der Waals surface area contributed by atoms with Gasteiger partial charge < -0.3 is 19.7 Å². The molecule has 39 heavy (non-hydrogen) atoms. The Balaban J connectivity index is 0.000000317. The topological polar surface area (TPSA) is 109 Å². The van der Waals surface area contributed by atoms with Crippen molar-refractivity contribution < 1.29 is 55.6 Å². The summed E-state index contributed by atoms with van der Waals surface area (Å²) in [5.74, 6) is -3.49. The molecule has 1 unspecified atom stereocenters. The molecule has 0 amide bonds. The Kier molecular flexibility index (Phi) is 11.4. The molecule has 0 aliphatic carbocycles. The van der Waals surface area contributed by atoms with Crippen molar-refractivity contribution in [3.05, 3.63) is 59.9 Å². The summed E-state index contributed by atoms with van der Waals surface area (Å²) in [5, 5.41) is 14.2. The van der Waals surface area contributed by atoms with E-state index >= 15 is 0 Å². The molecule has 0 radical (unpaired) electrons. The Hall–Kier alpha value is -3.04. The number of ether oxygens (including phenoxy) is 2. The maximum absolute atomic E-state index is 10.6. The molecule has 1 aromatic heterocycles. The van der Waals surface area contributed by atoms with Crippen LogP contribution in [0.5, 0.6) is 5.75 Å². The van der Waals surface area contributed by atoms with Gasteiger partial charge in [0.05, 0.1) is 25.5 Å². The van der Waals surface area contributed by atoms with Crippen molar-refractivity contribution in [2.24, 2.45) is 0 Å². The number of hydrogen-bond acceptors (Lipinski definition) is 7. The molecule has 1 spiro atoms. The first-order chi connectivity index (χ1) is 18.1. The van der Waals surface area contributed by atoms with Crippen molar-refractivity contribution >= 4 is 23.7 Å². The quantitative estimate of drug-likeness (QED) is 0.470. The van der Waals surface area contributed by atoms with Crippen LogP contribution in [-0.4, -0.2) is 81.2 Å². The number of likely N-dealkylation sites (tertiary alicyclic amines) is 1. The number of aliphatic carboxylic acids is 2. The number of methoxy groups -OCH3 is 1. The normalized spacial score (nSPS) is 18.2. The highest BCUT2D eigenvalue weighted by molar-refractivity contribution is 8.01. The van der Waals surface area contributed by atoms with Gasteiger partial charge in [-0.15, -0.1) is 11.8 Å². The molecule has 2 aliphatic rings. The minimum absolute atomic E-state index is 0.357. The van der Waals surface area contributed by atoms with Gasteiger partial charge in [0.15, 0.2) is 0 Å². The zero-order valence-electron chi connectivity index (χ0n) is 20.5. The van der Waals surface area contributed by atoms with Gasteiger partial charge in [-0.3, -0.25) is 9.88 Å². The smallest absolute Gasteiger partial charge is 0.490 e. The van der Waals surface area contributed by atoms with Gasteiger partial charge in [0.2, 0.25) is 0 Å². The lowest BCUT2D eigenvalue weighted by molar-refractivity contribution is -0.193. The molecule has 4 rings (SSSR count). The Morgan fingerprint density at radius 1 is 1.03 bits per heavy atom. The van der Waals surface area contributed by atoms with Crippen LogP contribution >= 0.6 is 11.8 Å². The second-order valence-corrected chi connectivity index (χ2v) is 10.0. The molecule has 2 aliphatic heterocycles. The first kappa shape index (κ1) is 32.2. The zero-order chi connectivity index (χ0) is 29.3. The van der Waals surface area contributed by atoms with Crippen LogP contribution < -0.4 is 4.74 Å². The molecule has 2 saturated heterocycles. The van der Waals surface area contributed by atoms with E-state index in [1.54, 1.807) is 7.11 Å². The summed E-state index contributed by atoms with van der Waals surface area (Å²) in [6, 6.07) is 14.4. The molecule has 1 atom stereocenters. The Labute approximate surface area is 223 Å². The van der Waals surface area contributed by atoms with E-state index in [4.69, 9.17) is 29.3 Å². The minimum atomic E-state index is -5.08. The van der Waals surface area contributed by atoms with Crippen LogP contribution in [0.15, 0.2) is 48.7 Å². The zero-order valence-corrected chi connectivity index (χ0v) is 21.4. The van der Waals surface area contributed by atoms with Crippen molar-refractivity contribution in [2.45, 2.75) is 42.8 Å². The number of carboxylic acids is 2. The molecule has 15 heteroatoms. The summed E-state index contributed by atoms with van der Waals surface area (Å²) in [6.45, 7) is 3.96. The molecule has 216 valence electrons. The number of carbonyl (C=O) groups is 2. The van der Waals surface area contributed by atoms with Crippen LogP contribution in [0, 0.1) is 0 Å². The fourth-order valence-electron chi connectivity index (χ4n) is 3.69. The third-order valence-electron chi connectivity index (χ3n) is 5.44. The number of pyridine rings is 1. The largest absolute Gasteiger partial charge is 0.497 e. The standard InChI is InChI=1S/C20H24N2O2S.2C2HF3O2/c1-23-18-7-5-16(6-8-18)11-22-14-20(15-22)10-19(13-25-20)24-12-17-4-2-3-9-21-17;2*3-2(4,5)1(6)7/h2-9,19H,10-15H2,1H3;2*(H,6,7). The summed E-state index contributed by atoms with van der Waals surface area (Å²) in [4.78, 5) is 24.6. The van der Waals surface area contributed by atoms with Crippen LogP contribution in [0.25, 0.3) is 0 Å². The monoisotopic (exact) mass is 584 g/mol. The lowest BCUT2D eigenvalue weighted by Gasteiger charge is -2.47. The van der Waals surface area contributed by atoms with Gasteiger partial charge >= 0.3 is 24.3 Å². The predicted octanol–water partition coefficient (Wildman–Crippen LogP) is 4.63. The fraction of sp³-hybridized carbons (Fsp3) is 0.458. The minimum Gasteiger partial charge on any atom is -0.497 e. The summed E-state index contributed by atoms with van der Waals surface area (Å²) in [5.41, 5.74) is 2.37. The van der Waals surface area contributed by atoms with Gasteiger partial charge in [-0.2, -0.15) is 26.3 Å². The molecule has 2 N–H and O–H groups in total. The summed E-state index contributed by atoms with van der Waals surface area (Å²) in [6.07, 6.45) is -6.83. The molecule has 0 bridgehead atoms. The van der Waals surface area contributed by atoms with Crippen molar-refractivity contribution in [1.29, 1.82) is 0 Å². The number of hydrogen-bond donors (Lipinski definition) is 2. The van der Waals surface area contributed by atoms with E-state index in [-0.39, 0.29) is 0 Å². The van der Waals surface area contributed by atoms with Gasteiger partial charge in [-0.1, -0.05) is 18.2 Å². The van der Waals surface area contributed by atoms with E-state index in [1.165, 1.54) is 5.56 Å². The van der Waals surface area contributed by atoms with Gasteiger partial charge in [0.1, 0.15) is 5.75 Å². The summed E-state index contributed by atoms with van der Waals surface area (Å²) in [7, 11) is 1.71. The average molecular weight is 585 g/mol. The molecule has 2 fully saturated rings. The van der Waals surface area contributed by atoms with E-state index in [9.17, 15) is 26.3 Å². The third kappa shape index (κ3) is 10.9. The highest BCUT2D eigenvalue weighted by Crippen LogP contribution is 2.46. The number of halogens is 6. The van der Waals surface area contributed by atoms with E-state index in [2.05, 4.69) is 33.8 Å². The van der Waals surface area contributed by atoms with Crippen LogP contribution in [-0.2, 0) is 27.5 Å².